The Morgan fingerprint density at radius 3 is 2.86 bits per heavy atom. The highest BCUT2D eigenvalue weighted by atomic mass is 35.5. The number of aromatic hydroxyl groups is 1. The molecule has 0 atom stereocenters. The fraction of sp³-hybridized carbons (Fsp3) is 0.100. The Labute approximate surface area is 85.9 Å². The van der Waals surface area contributed by atoms with E-state index in [4.69, 9.17) is 16.7 Å². The second-order valence-corrected chi connectivity index (χ2v) is 2.97. The summed E-state index contributed by atoms with van der Waals surface area (Å²) in [6.07, 6.45) is -0.258. The van der Waals surface area contributed by atoms with E-state index in [1.165, 1.54) is 18.2 Å². The van der Waals surface area contributed by atoms with Gasteiger partial charge in [0.25, 0.3) is 0 Å². The average molecular weight is 211 g/mol. The number of phenolic OH excluding ortho intramolecular Hbond substituents is 1. The molecule has 0 saturated carbocycles. The standard InChI is InChI=1S/C10H7ClO3/c11-8-4-5-9(12)7(6-8)2-1-3-10(13)14/h4-6,12H,3H2,(H,13,14). The van der Waals surface area contributed by atoms with Gasteiger partial charge < -0.3 is 10.2 Å². The average Bonchev–Trinajstić information content (AvgIpc) is 2.10. The van der Waals surface area contributed by atoms with E-state index in [-0.39, 0.29) is 12.2 Å². The molecule has 0 radical (unpaired) electrons. The highest BCUT2D eigenvalue weighted by Crippen LogP contribution is 2.20. The summed E-state index contributed by atoms with van der Waals surface area (Å²) < 4.78 is 0. The van der Waals surface area contributed by atoms with Crippen LogP contribution in [0.3, 0.4) is 0 Å². The van der Waals surface area contributed by atoms with Crippen LogP contribution in [0.2, 0.25) is 5.02 Å². The SMILES string of the molecule is O=C(O)CC#Cc1cc(Cl)ccc1O. The van der Waals surface area contributed by atoms with Crippen LogP contribution in [0.1, 0.15) is 12.0 Å². The molecule has 14 heavy (non-hydrogen) atoms. The number of aliphatic carboxylic acids is 1. The smallest absolute Gasteiger partial charge is 0.315 e. The predicted octanol–water partition coefficient (Wildman–Crippen LogP) is 1.87. The molecule has 0 fully saturated rings. The van der Waals surface area contributed by atoms with Gasteiger partial charge in [0.05, 0.1) is 5.56 Å². The van der Waals surface area contributed by atoms with Crippen molar-refractivity contribution in [3.8, 4) is 17.6 Å². The van der Waals surface area contributed by atoms with Gasteiger partial charge in [0.2, 0.25) is 0 Å². The summed E-state index contributed by atoms with van der Waals surface area (Å²) in [6, 6.07) is 4.41. The highest BCUT2D eigenvalue weighted by molar-refractivity contribution is 6.30. The van der Waals surface area contributed by atoms with E-state index in [0.29, 0.717) is 10.6 Å². The molecule has 0 amide bonds. The van der Waals surface area contributed by atoms with E-state index < -0.39 is 5.97 Å². The van der Waals surface area contributed by atoms with E-state index in [2.05, 4.69) is 11.8 Å². The van der Waals surface area contributed by atoms with Gasteiger partial charge in [-0.15, -0.1) is 0 Å². The van der Waals surface area contributed by atoms with Gasteiger partial charge in [-0.05, 0) is 18.2 Å². The van der Waals surface area contributed by atoms with Gasteiger partial charge in [-0.3, -0.25) is 4.79 Å². The maximum absolute atomic E-state index is 10.2. The van der Waals surface area contributed by atoms with Gasteiger partial charge in [0.15, 0.2) is 0 Å². The summed E-state index contributed by atoms with van der Waals surface area (Å²) in [4.78, 5) is 10.2. The molecule has 72 valence electrons. The summed E-state index contributed by atoms with van der Waals surface area (Å²) >= 11 is 5.66. The number of rotatable bonds is 1. The molecule has 0 aliphatic carbocycles. The van der Waals surface area contributed by atoms with E-state index in [1.54, 1.807) is 0 Å². The van der Waals surface area contributed by atoms with Crippen LogP contribution >= 0.6 is 11.6 Å². The lowest BCUT2D eigenvalue weighted by Crippen LogP contribution is -1.90. The molecule has 0 bridgehead atoms. The van der Waals surface area contributed by atoms with Gasteiger partial charge in [-0.2, -0.15) is 0 Å². The first-order chi connectivity index (χ1) is 6.59. The number of carbonyl (C=O) groups is 1. The van der Waals surface area contributed by atoms with Crippen LogP contribution in [0, 0.1) is 11.8 Å². The van der Waals surface area contributed by atoms with Crippen molar-refractivity contribution in [2.75, 3.05) is 0 Å². The number of carboxylic acids is 1. The van der Waals surface area contributed by atoms with Crippen molar-refractivity contribution in [3.63, 3.8) is 0 Å². The topological polar surface area (TPSA) is 57.5 Å². The predicted molar refractivity (Wildman–Crippen MR) is 52.2 cm³/mol. The molecule has 3 nitrogen and oxygen atoms in total. The first kappa shape index (κ1) is 10.4. The number of hydrogen-bond acceptors (Lipinski definition) is 2. The van der Waals surface area contributed by atoms with Crippen molar-refractivity contribution in [1.82, 2.24) is 0 Å². The number of halogens is 1. The fourth-order valence-corrected chi connectivity index (χ4v) is 0.996. The second kappa shape index (κ2) is 4.54. The van der Waals surface area contributed by atoms with Crippen molar-refractivity contribution >= 4 is 17.6 Å². The molecule has 1 aromatic rings. The number of benzene rings is 1. The molecule has 0 spiro atoms. The van der Waals surface area contributed by atoms with Gasteiger partial charge >= 0.3 is 5.97 Å². The maximum Gasteiger partial charge on any atom is 0.315 e. The Balaban J connectivity index is 2.88. The lowest BCUT2D eigenvalue weighted by Gasteiger charge is -1.95. The van der Waals surface area contributed by atoms with Crippen molar-refractivity contribution in [1.29, 1.82) is 0 Å². The molecule has 4 heteroatoms. The number of hydrogen-bond donors (Lipinski definition) is 2. The molecule has 0 heterocycles. The molecule has 1 rings (SSSR count). The molecule has 0 unspecified atom stereocenters. The zero-order valence-corrected chi connectivity index (χ0v) is 7.88. The summed E-state index contributed by atoms with van der Waals surface area (Å²) in [5, 5.41) is 18.1. The number of carboxylic acid groups (broad SMARTS) is 1. The van der Waals surface area contributed by atoms with Gasteiger partial charge in [0, 0.05) is 5.02 Å². The molecule has 0 aliphatic rings. The minimum absolute atomic E-state index is 0.00714. The quantitative estimate of drug-likeness (QED) is 0.696. The monoisotopic (exact) mass is 210 g/mol. The third-order valence-electron chi connectivity index (χ3n) is 1.42. The van der Waals surface area contributed by atoms with Crippen LogP contribution in [0.5, 0.6) is 5.75 Å². The fourth-order valence-electron chi connectivity index (χ4n) is 0.823. The van der Waals surface area contributed by atoms with E-state index in [0.717, 1.165) is 0 Å². The normalized spacial score (nSPS) is 8.93. The van der Waals surface area contributed by atoms with Crippen molar-refractivity contribution < 1.29 is 15.0 Å². The maximum atomic E-state index is 10.2. The van der Waals surface area contributed by atoms with Crippen LogP contribution in [-0.4, -0.2) is 16.2 Å². The van der Waals surface area contributed by atoms with Gasteiger partial charge in [0.1, 0.15) is 12.2 Å². The lowest BCUT2D eigenvalue weighted by molar-refractivity contribution is -0.135. The lowest BCUT2D eigenvalue weighted by atomic mass is 10.2. The Bertz CT molecular complexity index is 415. The summed E-state index contributed by atoms with van der Waals surface area (Å²) in [5.41, 5.74) is 0.332. The van der Waals surface area contributed by atoms with E-state index >= 15 is 0 Å². The van der Waals surface area contributed by atoms with Gasteiger partial charge in [-0.25, -0.2) is 0 Å². The molecular formula is C10H7ClO3. The molecule has 1 aromatic carbocycles. The van der Waals surface area contributed by atoms with Crippen molar-refractivity contribution in [2.45, 2.75) is 6.42 Å². The molecule has 0 aliphatic heterocycles. The Morgan fingerprint density at radius 1 is 1.50 bits per heavy atom. The van der Waals surface area contributed by atoms with Gasteiger partial charge in [-0.1, -0.05) is 23.4 Å². The van der Waals surface area contributed by atoms with Crippen molar-refractivity contribution in [3.05, 3.63) is 28.8 Å². The van der Waals surface area contributed by atoms with Crippen LogP contribution in [-0.2, 0) is 4.79 Å². The van der Waals surface area contributed by atoms with E-state index in [1.807, 2.05) is 0 Å². The zero-order chi connectivity index (χ0) is 10.6. The Morgan fingerprint density at radius 2 is 2.21 bits per heavy atom. The van der Waals surface area contributed by atoms with Crippen LogP contribution < -0.4 is 0 Å². The zero-order valence-electron chi connectivity index (χ0n) is 7.12. The summed E-state index contributed by atoms with van der Waals surface area (Å²) in [7, 11) is 0. The van der Waals surface area contributed by atoms with Crippen molar-refractivity contribution in [2.24, 2.45) is 0 Å². The molecule has 0 aromatic heterocycles. The summed E-state index contributed by atoms with van der Waals surface area (Å²) in [5.74, 6) is 3.91. The highest BCUT2D eigenvalue weighted by Gasteiger charge is 1.98. The minimum Gasteiger partial charge on any atom is -0.507 e. The Hall–Kier alpha value is -1.66. The van der Waals surface area contributed by atoms with Crippen LogP contribution in [0.4, 0.5) is 0 Å². The number of phenols is 1. The largest absolute Gasteiger partial charge is 0.507 e. The van der Waals surface area contributed by atoms with Crippen LogP contribution in [0.15, 0.2) is 18.2 Å². The van der Waals surface area contributed by atoms with E-state index in [9.17, 15) is 9.90 Å². The summed E-state index contributed by atoms with van der Waals surface area (Å²) in [6.45, 7) is 0. The van der Waals surface area contributed by atoms with Crippen LogP contribution in [0.25, 0.3) is 0 Å². The second-order valence-electron chi connectivity index (χ2n) is 2.53. The molecular weight excluding hydrogens is 204 g/mol. The first-order valence-electron chi connectivity index (χ1n) is 3.79. The minimum atomic E-state index is -1.00. The third-order valence-corrected chi connectivity index (χ3v) is 1.66. The molecule has 2 N–H and O–H groups in total. The Kier molecular flexibility index (Phi) is 3.38. The molecule has 0 saturated heterocycles. The third kappa shape index (κ3) is 3.00. The first-order valence-corrected chi connectivity index (χ1v) is 4.16.